The Bertz CT molecular complexity index is 739. The van der Waals surface area contributed by atoms with Crippen molar-refractivity contribution >= 4 is 21.8 Å². The second kappa shape index (κ2) is 6.90. The molecule has 0 atom stereocenters. The molecular formula is C14H14N2O5S. The Labute approximate surface area is 127 Å². The second-order valence-electron chi connectivity index (χ2n) is 4.32. The fraction of sp³-hybridized carbons (Fsp3) is 0.143. The molecule has 2 rings (SSSR count). The van der Waals surface area contributed by atoms with Crippen molar-refractivity contribution in [3.63, 3.8) is 0 Å². The molecule has 0 bridgehead atoms. The zero-order valence-electron chi connectivity index (χ0n) is 11.5. The molecule has 0 aliphatic heterocycles. The minimum atomic E-state index is -3.88. The van der Waals surface area contributed by atoms with E-state index in [1.807, 2.05) is 4.72 Å². The third kappa shape index (κ3) is 4.19. The van der Waals surface area contributed by atoms with E-state index >= 15 is 0 Å². The molecule has 2 N–H and O–H groups in total. The summed E-state index contributed by atoms with van der Waals surface area (Å²) < 4.78 is 30.6. The van der Waals surface area contributed by atoms with Gasteiger partial charge in [0.05, 0.1) is 11.2 Å². The largest absolute Gasteiger partial charge is 0.459 e. The van der Waals surface area contributed by atoms with Crippen molar-refractivity contribution in [2.24, 2.45) is 0 Å². The van der Waals surface area contributed by atoms with Crippen LogP contribution in [0.1, 0.15) is 17.0 Å². The van der Waals surface area contributed by atoms with E-state index in [0.717, 1.165) is 0 Å². The van der Waals surface area contributed by atoms with Gasteiger partial charge in [0.15, 0.2) is 5.76 Å². The fourth-order valence-corrected chi connectivity index (χ4v) is 2.68. The Kier molecular flexibility index (Phi) is 4.95. The molecule has 2 amide bonds. The van der Waals surface area contributed by atoms with Crippen LogP contribution in [0.25, 0.3) is 0 Å². The van der Waals surface area contributed by atoms with Crippen LogP contribution in [0.15, 0.2) is 58.0 Å². The third-order valence-electron chi connectivity index (χ3n) is 2.68. The van der Waals surface area contributed by atoms with Gasteiger partial charge < -0.3 is 9.73 Å². The molecule has 0 fully saturated rings. The van der Waals surface area contributed by atoms with Gasteiger partial charge in [-0.25, -0.2) is 13.1 Å². The summed E-state index contributed by atoms with van der Waals surface area (Å²) >= 11 is 0. The maximum Gasteiger partial charge on any atom is 0.286 e. The van der Waals surface area contributed by atoms with Crippen LogP contribution in [0.3, 0.4) is 0 Å². The van der Waals surface area contributed by atoms with Crippen molar-refractivity contribution in [2.75, 3.05) is 6.54 Å². The zero-order chi connectivity index (χ0) is 16.0. The molecule has 2 aromatic rings. The molecule has 0 spiro atoms. The van der Waals surface area contributed by atoms with Gasteiger partial charge in [0.1, 0.15) is 0 Å². The Balaban J connectivity index is 1.82. The lowest BCUT2D eigenvalue weighted by Gasteiger charge is -2.07. The first kappa shape index (κ1) is 15.8. The van der Waals surface area contributed by atoms with Gasteiger partial charge in [-0.1, -0.05) is 18.2 Å². The lowest BCUT2D eigenvalue weighted by Crippen LogP contribution is -2.34. The highest BCUT2D eigenvalue weighted by atomic mass is 32.2. The number of furan rings is 1. The lowest BCUT2D eigenvalue weighted by atomic mass is 10.4. The van der Waals surface area contributed by atoms with Crippen LogP contribution < -0.4 is 10.0 Å². The predicted molar refractivity (Wildman–Crippen MR) is 77.4 cm³/mol. The number of nitrogens with one attached hydrogen (secondary N) is 2. The van der Waals surface area contributed by atoms with Gasteiger partial charge in [0, 0.05) is 13.0 Å². The van der Waals surface area contributed by atoms with Crippen LogP contribution in [-0.4, -0.2) is 26.8 Å². The van der Waals surface area contributed by atoms with Gasteiger partial charge >= 0.3 is 0 Å². The van der Waals surface area contributed by atoms with E-state index in [0.29, 0.717) is 0 Å². The summed E-state index contributed by atoms with van der Waals surface area (Å²) in [4.78, 5) is 23.2. The number of sulfonamides is 1. The van der Waals surface area contributed by atoms with Crippen LogP contribution >= 0.6 is 0 Å². The summed E-state index contributed by atoms with van der Waals surface area (Å²) in [5.41, 5.74) is 0. The summed E-state index contributed by atoms with van der Waals surface area (Å²) in [6.07, 6.45) is 1.19. The van der Waals surface area contributed by atoms with Gasteiger partial charge in [-0.05, 0) is 24.3 Å². The molecule has 0 aliphatic rings. The maximum absolute atomic E-state index is 11.9. The summed E-state index contributed by atoms with van der Waals surface area (Å²) in [6.45, 7) is -0.00429. The molecule has 22 heavy (non-hydrogen) atoms. The van der Waals surface area contributed by atoms with Gasteiger partial charge in [-0.2, -0.15) is 0 Å². The van der Waals surface area contributed by atoms with Crippen LogP contribution in [0, 0.1) is 0 Å². The minimum Gasteiger partial charge on any atom is -0.459 e. The summed E-state index contributed by atoms with van der Waals surface area (Å²) in [5.74, 6) is -1.05. The monoisotopic (exact) mass is 322 g/mol. The number of hydrogen-bond donors (Lipinski definition) is 2. The number of carbonyl (C=O) groups excluding carboxylic acids is 2. The van der Waals surface area contributed by atoms with Crippen molar-refractivity contribution in [3.05, 3.63) is 54.5 Å². The molecule has 0 aliphatic carbocycles. The van der Waals surface area contributed by atoms with E-state index in [9.17, 15) is 18.0 Å². The summed E-state index contributed by atoms with van der Waals surface area (Å²) in [5, 5.41) is 2.45. The van der Waals surface area contributed by atoms with Crippen LogP contribution in [0.4, 0.5) is 0 Å². The molecule has 7 nitrogen and oxygen atoms in total. The number of amides is 2. The highest BCUT2D eigenvalue weighted by Gasteiger charge is 2.17. The Morgan fingerprint density at radius 2 is 1.77 bits per heavy atom. The van der Waals surface area contributed by atoms with Crippen molar-refractivity contribution in [1.29, 1.82) is 0 Å². The minimum absolute atomic E-state index is 0.00275. The first-order valence-electron chi connectivity index (χ1n) is 6.41. The van der Waals surface area contributed by atoms with Crippen LogP contribution in [-0.2, 0) is 14.8 Å². The maximum atomic E-state index is 11.9. The number of hydrogen-bond acceptors (Lipinski definition) is 5. The molecule has 1 aromatic heterocycles. The van der Waals surface area contributed by atoms with E-state index in [2.05, 4.69) is 5.32 Å². The predicted octanol–water partition coefficient (Wildman–Crippen LogP) is 0.905. The Morgan fingerprint density at radius 1 is 1.05 bits per heavy atom. The molecular weight excluding hydrogens is 308 g/mol. The number of rotatable bonds is 6. The van der Waals surface area contributed by atoms with Crippen molar-refractivity contribution < 1.29 is 22.4 Å². The molecule has 116 valence electrons. The fourth-order valence-electron chi connectivity index (χ4n) is 1.64. The number of benzene rings is 1. The van der Waals surface area contributed by atoms with E-state index < -0.39 is 21.8 Å². The highest BCUT2D eigenvalue weighted by molar-refractivity contribution is 7.90. The first-order valence-corrected chi connectivity index (χ1v) is 7.90. The zero-order valence-corrected chi connectivity index (χ0v) is 12.3. The normalized spacial score (nSPS) is 10.9. The third-order valence-corrected chi connectivity index (χ3v) is 4.07. The summed E-state index contributed by atoms with van der Waals surface area (Å²) in [7, 11) is -3.88. The standard InChI is InChI=1S/C14H14N2O5S/c17-13(8-9-15-14(18)12-7-4-10-21-12)16-22(19,20)11-5-2-1-3-6-11/h1-7,10H,8-9H2,(H,15,18)(H,16,17). The van der Waals surface area contributed by atoms with Gasteiger partial charge in [-0.3, -0.25) is 9.59 Å². The Hall–Kier alpha value is -2.61. The van der Waals surface area contributed by atoms with Crippen LogP contribution in [0.2, 0.25) is 0 Å². The molecule has 8 heteroatoms. The topological polar surface area (TPSA) is 105 Å². The first-order chi connectivity index (χ1) is 10.5. The highest BCUT2D eigenvalue weighted by Crippen LogP contribution is 2.07. The van der Waals surface area contributed by atoms with Gasteiger partial charge in [-0.15, -0.1) is 0 Å². The molecule has 0 saturated heterocycles. The molecule has 1 heterocycles. The van der Waals surface area contributed by atoms with Gasteiger partial charge in [0.2, 0.25) is 5.91 Å². The smallest absolute Gasteiger partial charge is 0.286 e. The van der Waals surface area contributed by atoms with E-state index in [-0.39, 0.29) is 23.6 Å². The average molecular weight is 322 g/mol. The Morgan fingerprint density at radius 3 is 2.41 bits per heavy atom. The van der Waals surface area contributed by atoms with E-state index in [4.69, 9.17) is 4.42 Å². The van der Waals surface area contributed by atoms with Crippen molar-refractivity contribution in [1.82, 2.24) is 10.0 Å². The van der Waals surface area contributed by atoms with Crippen LogP contribution in [0.5, 0.6) is 0 Å². The van der Waals surface area contributed by atoms with Crippen molar-refractivity contribution in [2.45, 2.75) is 11.3 Å². The molecule has 0 unspecified atom stereocenters. The van der Waals surface area contributed by atoms with E-state index in [1.165, 1.54) is 24.5 Å². The second-order valence-corrected chi connectivity index (χ2v) is 6.01. The van der Waals surface area contributed by atoms with E-state index in [1.54, 1.807) is 24.3 Å². The lowest BCUT2D eigenvalue weighted by molar-refractivity contribution is -0.119. The molecule has 0 saturated carbocycles. The number of carbonyl (C=O) groups is 2. The summed E-state index contributed by atoms with van der Waals surface area (Å²) in [6, 6.07) is 10.6. The average Bonchev–Trinajstić information content (AvgIpc) is 3.02. The molecule has 0 radical (unpaired) electrons. The van der Waals surface area contributed by atoms with Crippen molar-refractivity contribution in [3.8, 4) is 0 Å². The quantitative estimate of drug-likeness (QED) is 0.822. The SMILES string of the molecule is O=C(CCNC(=O)c1ccco1)NS(=O)(=O)c1ccccc1. The molecule has 1 aromatic carbocycles. The van der Waals surface area contributed by atoms with Gasteiger partial charge in [0.25, 0.3) is 15.9 Å².